The van der Waals surface area contributed by atoms with Crippen LogP contribution < -0.4 is 26.4 Å². The molecule has 2 unspecified atom stereocenters. The number of benzene rings is 1. The summed E-state index contributed by atoms with van der Waals surface area (Å²) in [7, 11) is -5.01. The van der Waals surface area contributed by atoms with Crippen molar-refractivity contribution in [3.63, 3.8) is 0 Å². The summed E-state index contributed by atoms with van der Waals surface area (Å²) < 4.78 is 41.8. The highest BCUT2D eigenvalue weighted by molar-refractivity contribution is 7.80. The lowest BCUT2D eigenvalue weighted by molar-refractivity contribution is -0.218. The molecule has 0 saturated carbocycles. The van der Waals surface area contributed by atoms with E-state index >= 15 is 0 Å². The van der Waals surface area contributed by atoms with Crippen LogP contribution in [0, 0.1) is 0 Å². The molecule has 18 nitrogen and oxygen atoms in total. The average molecular weight is 671 g/mol. The van der Waals surface area contributed by atoms with Gasteiger partial charge in [-0.2, -0.15) is 13.5 Å². The fraction of sp³-hybridized carbons (Fsp3) is 0.391. The lowest BCUT2D eigenvalue weighted by Crippen LogP contribution is -2.76. The van der Waals surface area contributed by atoms with Gasteiger partial charge in [0.15, 0.2) is 16.0 Å². The normalized spacial score (nSPS) is 19.2. The van der Waals surface area contributed by atoms with Crippen molar-refractivity contribution in [3.05, 3.63) is 29.3 Å². The van der Waals surface area contributed by atoms with Gasteiger partial charge in [-0.25, -0.2) is 14.8 Å². The first-order valence-corrected chi connectivity index (χ1v) is 15.8. The number of anilines is 2. The zero-order valence-electron chi connectivity index (χ0n) is 22.9. The number of aliphatic carboxylic acids is 1. The summed E-state index contributed by atoms with van der Waals surface area (Å²) in [4.78, 5) is 51.3. The van der Waals surface area contributed by atoms with Crippen molar-refractivity contribution >= 4 is 77.0 Å². The van der Waals surface area contributed by atoms with Crippen molar-refractivity contribution < 1.29 is 46.3 Å². The lowest BCUT2D eigenvalue weighted by atomic mass is 9.84. The number of rotatable bonds is 13. The fourth-order valence-corrected chi connectivity index (χ4v) is 6.05. The molecule has 5 rings (SSSR count). The maximum atomic E-state index is 13.2. The summed E-state index contributed by atoms with van der Waals surface area (Å²) in [6.07, 6.45) is -1.67. The van der Waals surface area contributed by atoms with E-state index in [-0.39, 0.29) is 10.8 Å². The Morgan fingerprint density at radius 3 is 2.66 bits per heavy atom. The van der Waals surface area contributed by atoms with Gasteiger partial charge in [0.25, 0.3) is 17.9 Å². The monoisotopic (exact) mass is 670 g/mol. The minimum absolute atomic E-state index is 0.0626. The third-order valence-corrected chi connectivity index (χ3v) is 8.48. The Kier molecular flexibility index (Phi) is 8.59. The largest absolute Gasteiger partial charge is 0.489 e. The molecule has 3 aromatic rings. The first kappa shape index (κ1) is 31.3. The van der Waals surface area contributed by atoms with E-state index in [1.807, 2.05) is 0 Å². The minimum atomic E-state index is -5.01. The molecule has 0 spiro atoms. The number of oxime groups is 1. The van der Waals surface area contributed by atoms with Crippen LogP contribution >= 0.6 is 22.7 Å². The molecule has 2 fully saturated rings. The molecule has 2 aromatic heterocycles. The zero-order chi connectivity index (χ0) is 31.8. The molecule has 1 aromatic carbocycles. The summed E-state index contributed by atoms with van der Waals surface area (Å²) >= 11 is 2.39. The van der Waals surface area contributed by atoms with Crippen molar-refractivity contribution in [3.8, 4) is 5.75 Å². The van der Waals surface area contributed by atoms with Gasteiger partial charge >= 0.3 is 16.4 Å². The number of carboxylic acids is 1. The number of nitrogens with two attached hydrogens (primary N) is 1. The number of ether oxygens (including phenoxy) is 1. The van der Waals surface area contributed by atoms with Crippen molar-refractivity contribution in [2.75, 3.05) is 30.7 Å². The summed E-state index contributed by atoms with van der Waals surface area (Å²) in [5.74, 6) is -3.10. The molecule has 0 bridgehead atoms. The summed E-state index contributed by atoms with van der Waals surface area (Å²) in [5, 5.41) is 24.9. The fourth-order valence-electron chi connectivity index (χ4n) is 4.08. The Bertz CT molecular complexity index is 1740. The lowest BCUT2D eigenvalue weighted by Gasteiger charge is -2.50. The Labute approximate surface area is 257 Å². The van der Waals surface area contributed by atoms with Gasteiger partial charge in [0.05, 0.1) is 21.8 Å². The van der Waals surface area contributed by atoms with E-state index in [2.05, 4.69) is 35.4 Å². The Morgan fingerprint density at radius 1 is 1.32 bits per heavy atom. The van der Waals surface area contributed by atoms with E-state index in [0.29, 0.717) is 16.9 Å². The van der Waals surface area contributed by atoms with Gasteiger partial charge in [-0.3, -0.25) is 14.1 Å². The van der Waals surface area contributed by atoms with Crippen LogP contribution in [0.2, 0.25) is 0 Å². The molecule has 0 radical (unpaired) electrons. The Hall–Kier alpha value is -4.15. The molecule has 2 saturated heterocycles. The van der Waals surface area contributed by atoms with Crippen LogP contribution in [0.1, 0.15) is 19.5 Å². The molecule has 2 aliphatic rings. The SMILES string of the molecule is CC1(C)C(NC(=O)C(=NOC(COc2ccc3nc(NC4CNC4)sc3c2)C(=O)O)c2csc(N)n2)C(=O)N1OS(=O)(=O)O. The number of hydrogen-bond donors (Lipinski definition) is 6. The van der Waals surface area contributed by atoms with E-state index in [9.17, 15) is 27.9 Å². The summed E-state index contributed by atoms with van der Waals surface area (Å²) in [5.41, 5.74) is 4.41. The van der Waals surface area contributed by atoms with Crippen molar-refractivity contribution in [2.24, 2.45) is 5.16 Å². The molecule has 21 heteroatoms. The average Bonchev–Trinajstić information content (AvgIpc) is 3.54. The van der Waals surface area contributed by atoms with Gasteiger partial charge in [0.2, 0.25) is 0 Å². The van der Waals surface area contributed by atoms with Crippen LogP contribution in [-0.2, 0) is 33.9 Å². The summed E-state index contributed by atoms with van der Waals surface area (Å²) in [6.45, 7) is 3.94. The van der Waals surface area contributed by atoms with Gasteiger partial charge in [0.1, 0.15) is 24.1 Å². The molecule has 7 N–H and O–H groups in total. The maximum absolute atomic E-state index is 13.2. The predicted octanol–water partition coefficient (Wildman–Crippen LogP) is -0.188. The van der Waals surface area contributed by atoms with E-state index in [0.717, 1.165) is 39.8 Å². The number of thiazole rings is 2. The van der Waals surface area contributed by atoms with Gasteiger partial charge in [-0.1, -0.05) is 16.5 Å². The van der Waals surface area contributed by atoms with Crippen LogP contribution in [0.3, 0.4) is 0 Å². The molecule has 0 aliphatic carbocycles. The zero-order valence-corrected chi connectivity index (χ0v) is 25.4. The maximum Gasteiger partial charge on any atom is 0.418 e. The number of hydroxylamine groups is 2. The van der Waals surface area contributed by atoms with Gasteiger partial charge in [-0.15, -0.1) is 15.6 Å². The molecule has 236 valence electrons. The molecule has 2 aliphatic heterocycles. The minimum Gasteiger partial charge on any atom is -0.489 e. The standard InChI is InChI=1S/C23H26N8O10S3/c1-23(2)17(19(33)31(23)41-44(36,37)38)29-18(32)16(13-9-42-21(24)27-13)30-40-14(20(34)35)8-39-11-3-4-12-15(5-11)43-22(28-12)26-10-6-25-7-10/h3-5,9-10,14,17,25H,6-8H2,1-2H3,(H2,24,27)(H,26,28)(H,29,32)(H,34,35)(H,36,37,38). The Balaban J connectivity index is 1.27. The van der Waals surface area contributed by atoms with Crippen molar-refractivity contribution in [1.29, 1.82) is 0 Å². The highest BCUT2D eigenvalue weighted by Gasteiger charge is 2.58. The third kappa shape index (κ3) is 6.81. The predicted molar refractivity (Wildman–Crippen MR) is 156 cm³/mol. The molecule has 44 heavy (non-hydrogen) atoms. The number of β-lactam (4-membered cyclic amide) rings is 1. The number of carbonyl (C=O) groups is 3. The number of nitrogens with one attached hydrogen (secondary N) is 3. The Morgan fingerprint density at radius 2 is 2.07 bits per heavy atom. The number of carbonyl (C=O) groups excluding carboxylic acids is 2. The van der Waals surface area contributed by atoms with Gasteiger partial charge in [-0.05, 0) is 32.0 Å². The highest BCUT2D eigenvalue weighted by atomic mass is 32.3. The highest BCUT2D eigenvalue weighted by Crippen LogP contribution is 2.33. The molecule has 2 amide bonds. The van der Waals surface area contributed by atoms with Crippen LogP contribution in [0.15, 0.2) is 28.7 Å². The van der Waals surface area contributed by atoms with Crippen molar-refractivity contribution in [2.45, 2.75) is 37.6 Å². The number of carboxylic acid groups (broad SMARTS) is 1. The molecular weight excluding hydrogens is 645 g/mol. The van der Waals surface area contributed by atoms with E-state index in [1.165, 1.54) is 30.6 Å². The van der Waals surface area contributed by atoms with E-state index in [1.54, 1.807) is 18.2 Å². The summed E-state index contributed by atoms with van der Waals surface area (Å²) in [6, 6.07) is 4.06. The second-order valence-corrected chi connectivity index (χ2v) is 13.0. The number of fused-ring (bicyclic) bond motifs is 1. The topological polar surface area (TPSA) is 257 Å². The van der Waals surface area contributed by atoms with Crippen LogP contribution in [0.4, 0.5) is 10.3 Å². The first-order valence-electron chi connectivity index (χ1n) is 12.7. The van der Waals surface area contributed by atoms with E-state index < -0.39 is 58.2 Å². The number of nitrogens with zero attached hydrogens (tertiary/aromatic N) is 4. The number of amides is 2. The van der Waals surface area contributed by atoms with Crippen LogP contribution in [0.5, 0.6) is 5.75 Å². The van der Waals surface area contributed by atoms with Gasteiger partial charge < -0.3 is 36.4 Å². The number of aromatic nitrogens is 2. The first-order chi connectivity index (χ1) is 20.7. The molecular formula is C23H26N8O10S3. The number of nitrogen functional groups attached to an aromatic ring is 1. The molecule has 4 heterocycles. The van der Waals surface area contributed by atoms with Crippen LogP contribution in [-0.4, -0.2) is 100 Å². The second kappa shape index (κ2) is 12.1. The number of hydrogen-bond acceptors (Lipinski definition) is 16. The quantitative estimate of drug-likeness (QED) is 0.0596. The van der Waals surface area contributed by atoms with E-state index in [4.69, 9.17) is 19.9 Å². The van der Waals surface area contributed by atoms with Crippen molar-refractivity contribution in [1.82, 2.24) is 25.7 Å². The smallest absolute Gasteiger partial charge is 0.418 e. The third-order valence-electron chi connectivity index (χ3n) is 6.52. The van der Waals surface area contributed by atoms with Crippen LogP contribution in [0.25, 0.3) is 10.2 Å². The van der Waals surface area contributed by atoms with Gasteiger partial charge in [0, 0.05) is 18.5 Å². The molecule has 2 atom stereocenters. The second-order valence-electron chi connectivity index (χ2n) is 10.1.